The van der Waals surface area contributed by atoms with E-state index in [1.807, 2.05) is 30.3 Å². The highest BCUT2D eigenvalue weighted by Gasteiger charge is 2.29. The molecule has 1 aliphatic carbocycles. The fourth-order valence-electron chi connectivity index (χ4n) is 4.16. The van der Waals surface area contributed by atoms with E-state index in [4.69, 9.17) is 11.6 Å². The Bertz CT molecular complexity index is 978. The Kier molecular flexibility index (Phi) is 4.45. The van der Waals surface area contributed by atoms with Crippen LogP contribution >= 0.6 is 11.6 Å². The van der Waals surface area contributed by atoms with Crippen molar-refractivity contribution in [2.24, 2.45) is 0 Å². The van der Waals surface area contributed by atoms with Gasteiger partial charge in [-0.2, -0.15) is 0 Å². The number of hydrogen-bond acceptors (Lipinski definition) is 1. The second kappa shape index (κ2) is 6.76. The molecule has 1 aromatic heterocycles. The Hall–Kier alpha value is -2.33. The van der Waals surface area contributed by atoms with Gasteiger partial charge in [0.25, 0.3) is 0 Å². The maximum absolute atomic E-state index is 14.0. The third-order valence-electron chi connectivity index (χ3n) is 5.22. The Labute approximate surface area is 156 Å². The molecule has 0 bridgehead atoms. The van der Waals surface area contributed by atoms with Crippen molar-refractivity contribution in [2.45, 2.75) is 38.1 Å². The minimum atomic E-state index is -0.794. The first kappa shape index (κ1) is 17.1. The SMILES string of the molecule is O=C(O)CC1CCCc2c1n(Cc1ccc(Cl)cc1)c1cc(F)ccc21. The molecule has 0 saturated heterocycles. The van der Waals surface area contributed by atoms with Crippen molar-refractivity contribution in [1.29, 1.82) is 0 Å². The van der Waals surface area contributed by atoms with Crippen molar-refractivity contribution >= 4 is 28.5 Å². The van der Waals surface area contributed by atoms with Crippen molar-refractivity contribution in [3.63, 3.8) is 0 Å². The molecule has 4 rings (SSSR count). The van der Waals surface area contributed by atoms with E-state index in [1.54, 1.807) is 6.07 Å². The van der Waals surface area contributed by atoms with Gasteiger partial charge in [-0.25, -0.2) is 4.39 Å². The van der Waals surface area contributed by atoms with E-state index in [0.717, 1.165) is 41.4 Å². The predicted octanol–water partition coefficient (Wildman–Crippen LogP) is 5.38. The Morgan fingerprint density at radius 3 is 2.73 bits per heavy atom. The molecule has 2 aromatic carbocycles. The van der Waals surface area contributed by atoms with Gasteiger partial charge < -0.3 is 9.67 Å². The zero-order valence-electron chi connectivity index (χ0n) is 14.2. The van der Waals surface area contributed by atoms with Gasteiger partial charge in [0.2, 0.25) is 0 Å². The average molecular weight is 372 g/mol. The molecular formula is C21H19ClFNO2. The molecule has 1 aliphatic rings. The first-order chi connectivity index (χ1) is 12.5. The number of fused-ring (bicyclic) bond motifs is 3. The fraction of sp³-hybridized carbons (Fsp3) is 0.286. The lowest BCUT2D eigenvalue weighted by molar-refractivity contribution is -0.137. The van der Waals surface area contributed by atoms with Crippen molar-refractivity contribution < 1.29 is 14.3 Å². The van der Waals surface area contributed by atoms with Crippen LogP contribution in [-0.2, 0) is 17.8 Å². The lowest BCUT2D eigenvalue weighted by atomic mass is 9.84. The van der Waals surface area contributed by atoms with Crippen LogP contribution in [0, 0.1) is 5.82 Å². The van der Waals surface area contributed by atoms with Crippen LogP contribution in [0.3, 0.4) is 0 Å². The highest BCUT2D eigenvalue weighted by molar-refractivity contribution is 6.30. The first-order valence-electron chi connectivity index (χ1n) is 8.79. The highest BCUT2D eigenvalue weighted by Crippen LogP contribution is 2.40. The summed E-state index contributed by atoms with van der Waals surface area (Å²) in [6.45, 7) is 0.572. The monoisotopic (exact) mass is 371 g/mol. The number of carboxylic acids is 1. The zero-order chi connectivity index (χ0) is 18.3. The van der Waals surface area contributed by atoms with E-state index < -0.39 is 5.97 Å². The summed E-state index contributed by atoms with van der Waals surface area (Å²) in [6, 6.07) is 12.4. The smallest absolute Gasteiger partial charge is 0.304 e. The summed E-state index contributed by atoms with van der Waals surface area (Å²) in [5.74, 6) is -1.11. The number of benzene rings is 2. The Morgan fingerprint density at radius 1 is 1.23 bits per heavy atom. The van der Waals surface area contributed by atoms with Crippen LogP contribution in [0.4, 0.5) is 4.39 Å². The molecular weight excluding hydrogens is 353 g/mol. The molecule has 1 atom stereocenters. The van der Waals surface area contributed by atoms with Crippen molar-refractivity contribution in [1.82, 2.24) is 4.57 Å². The number of nitrogens with zero attached hydrogens (tertiary/aromatic N) is 1. The molecule has 26 heavy (non-hydrogen) atoms. The molecule has 5 heteroatoms. The molecule has 1 N–H and O–H groups in total. The van der Waals surface area contributed by atoms with E-state index in [9.17, 15) is 14.3 Å². The van der Waals surface area contributed by atoms with Gasteiger partial charge in [0.1, 0.15) is 5.82 Å². The maximum Gasteiger partial charge on any atom is 0.304 e. The molecule has 1 heterocycles. The molecule has 0 radical (unpaired) electrons. The second-order valence-electron chi connectivity index (χ2n) is 6.92. The molecule has 0 aliphatic heterocycles. The Morgan fingerprint density at radius 2 is 2.00 bits per heavy atom. The molecule has 3 nitrogen and oxygen atoms in total. The molecule has 1 unspecified atom stereocenters. The van der Waals surface area contributed by atoms with E-state index >= 15 is 0 Å². The third kappa shape index (κ3) is 3.10. The van der Waals surface area contributed by atoms with Crippen molar-refractivity contribution in [3.05, 3.63) is 70.1 Å². The summed E-state index contributed by atoms with van der Waals surface area (Å²) in [7, 11) is 0. The van der Waals surface area contributed by atoms with Crippen molar-refractivity contribution in [2.75, 3.05) is 0 Å². The summed E-state index contributed by atoms with van der Waals surface area (Å²) in [5.41, 5.74) is 4.11. The predicted molar refractivity (Wildman–Crippen MR) is 100 cm³/mol. The van der Waals surface area contributed by atoms with Gasteiger partial charge in [-0.15, -0.1) is 0 Å². The number of carboxylic acid groups (broad SMARTS) is 1. The number of rotatable bonds is 4. The number of hydrogen-bond donors (Lipinski definition) is 1. The van der Waals surface area contributed by atoms with Gasteiger partial charge in [-0.3, -0.25) is 4.79 Å². The van der Waals surface area contributed by atoms with Gasteiger partial charge in [0, 0.05) is 28.6 Å². The molecule has 0 spiro atoms. The van der Waals surface area contributed by atoms with Crippen LogP contribution in [-0.4, -0.2) is 15.6 Å². The molecule has 3 aromatic rings. The lowest BCUT2D eigenvalue weighted by Gasteiger charge is -2.24. The van der Waals surface area contributed by atoms with Gasteiger partial charge in [-0.05, 0) is 60.7 Å². The number of aliphatic carboxylic acids is 1. The lowest BCUT2D eigenvalue weighted by Crippen LogP contribution is -2.17. The Balaban J connectivity index is 1.89. The van der Waals surface area contributed by atoms with Crippen LogP contribution < -0.4 is 0 Å². The zero-order valence-corrected chi connectivity index (χ0v) is 15.0. The standard InChI is InChI=1S/C21H19ClFNO2/c22-15-6-4-13(5-7-15)12-24-19-11-16(23)8-9-17(19)18-3-1-2-14(21(18)24)10-20(25)26/h4-9,11,14H,1-3,10,12H2,(H,25,26). The van der Waals surface area contributed by atoms with Gasteiger partial charge in [-0.1, -0.05) is 23.7 Å². The summed E-state index contributed by atoms with van der Waals surface area (Å²) in [6.07, 6.45) is 2.81. The number of halogens is 2. The van der Waals surface area contributed by atoms with Gasteiger partial charge >= 0.3 is 5.97 Å². The van der Waals surface area contributed by atoms with Crippen LogP contribution in [0.15, 0.2) is 42.5 Å². The van der Waals surface area contributed by atoms with E-state index in [0.29, 0.717) is 11.6 Å². The van der Waals surface area contributed by atoms with Gasteiger partial charge in [0.05, 0.1) is 11.9 Å². The fourth-order valence-corrected chi connectivity index (χ4v) is 4.28. The highest BCUT2D eigenvalue weighted by atomic mass is 35.5. The summed E-state index contributed by atoms with van der Waals surface area (Å²) in [4.78, 5) is 11.4. The molecule has 0 fully saturated rings. The van der Waals surface area contributed by atoms with E-state index in [2.05, 4.69) is 4.57 Å². The number of carbonyl (C=O) groups is 1. The summed E-state index contributed by atoms with van der Waals surface area (Å²) >= 11 is 5.98. The average Bonchev–Trinajstić information content (AvgIpc) is 2.91. The van der Waals surface area contributed by atoms with Crippen molar-refractivity contribution in [3.8, 4) is 0 Å². The van der Waals surface area contributed by atoms with E-state index in [-0.39, 0.29) is 18.2 Å². The molecule has 0 saturated carbocycles. The maximum atomic E-state index is 14.0. The largest absolute Gasteiger partial charge is 0.481 e. The summed E-state index contributed by atoms with van der Waals surface area (Å²) < 4.78 is 16.1. The normalized spacial score (nSPS) is 16.6. The minimum Gasteiger partial charge on any atom is -0.481 e. The van der Waals surface area contributed by atoms with E-state index in [1.165, 1.54) is 11.6 Å². The van der Waals surface area contributed by atoms with Gasteiger partial charge in [0.15, 0.2) is 0 Å². The quantitative estimate of drug-likeness (QED) is 0.669. The number of aryl methyl sites for hydroxylation is 1. The first-order valence-corrected chi connectivity index (χ1v) is 9.17. The number of aromatic nitrogens is 1. The van der Waals surface area contributed by atoms with Crippen LogP contribution in [0.1, 0.15) is 42.0 Å². The van der Waals surface area contributed by atoms with Crippen LogP contribution in [0.5, 0.6) is 0 Å². The van der Waals surface area contributed by atoms with Crippen LogP contribution in [0.25, 0.3) is 10.9 Å². The molecule has 0 amide bonds. The second-order valence-corrected chi connectivity index (χ2v) is 7.36. The minimum absolute atomic E-state index is 0.0426. The molecule has 134 valence electrons. The topological polar surface area (TPSA) is 42.2 Å². The third-order valence-corrected chi connectivity index (χ3v) is 5.47. The van der Waals surface area contributed by atoms with Crippen LogP contribution in [0.2, 0.25) is 5.02 Å². The summed E-state index contributed by atoms with van der Waals surface area (Å²) in [5, 5.41) is 11.0.